The van der Waals surface area contributed by atoms with Crippen LogP contribution in [-0.2, 0) is 6.42 Å². The standard InChI is InChI=1S/C17H20N2O2/c1-12-2-4-14(18)15(10-12)19-7-6-13-3-5-16-17(11-13)21-9-8-20-16/h2-5,10-11,19H,6-9,18H2,1H3. The molecule has 1 heterocycles. The molecule has 3 rings (SSSR count). The Hall–Kier alpha value is -2.36. The van der Waals surface area contributed by atoms with Crippen molar-refractivity contribution in [3.8, 4) is 11.5 Å². The highest BCUT2D eigenvalue weighted by Gasteiger charge is 2.11. The van der Waals surface area contributed by atoms with Crippen LogP contribution >= 0.6 is 0 Å². The van der Waals surface area contributed by atoms with Crippen molar-refractivity contribution in [1.82, 2.24) is 0 Å². The first-order chi connectivity index (χ1) is 10.2. The number of ether oxygens (including phenoxy) is 2. The van der Waals surface area contributed by atoms with E-state index in [0.717, 1.165) is 35.8 Å². The van der Waals surface area contributed by atoms with Crippen molar-refractivity contribution in [1.29, 1.82) is 0 Å². The lowest BCUT2D eigenvalue weighted by molar-refractivity contribution is 0.171. The average Bonchev–Trinajstić information content (AvgIpc) is 2.50. The molecule has 3 N–H and O–H groups in total. The van der Waals surface area contributed by atoms with Crippen LogP contribution in [-0.4, -0.2) is 19.8 Å². The van der Waals surface area contributed by atoms with Crippen molar-refractivity contribution in [2.75, 3.05) is 30.8 Å². The zero-order valence-electron chi connectivity index (χ0n) is 12.2. The van der Waals surface area contributed by atoms with E-state index >= 15 is 0 Å². The number of fused-ring (bicyclic) bond motifs is 1. The molecule has 0 fully saturated rings. The summed E-state index contributed by atoms with van der Waals surface area (Å²) in [6.45, 7) is 4.13. The molecular formula is C17H20N2O2. The summed E-state index contributed by atoms with van der Waals surface area (Å²) in [5.74, 6) is 1.68. The molecule has 2 aromatic rings. The quantitative estimate of drug-likeness (QED) is 0.847. The highest BCUT2D eigenvalue weighted by molar-refractivity contribution is 5.66. The number of rotatable bonds is 4. The van der Waals surface area contributed by atoms with E-state index in [-0.39, 0.29) is 0 Å². The fraction of sp³-hybridized carbons (Fsp3) is 0.294. The second kappa shape index (κ2) is 5.95. The Morgan fingerprint density at radius 1 is 1.05 bits per heavy atom. The second-order valence-corrected chi connectivity index (χ2v) is 5.25. The number of anilines is 2. The lowest BCUT2D eigenvalue weighted by atomic mass is 10.1. The molecule has 21 heavy (non-hydrogen) atoms. The van der Waals surface area contributed by atoms with E-state index in [0.29, 0.717) is 13.2 Å². The molecule has 0 bridgehead atoms. The van der Waals surface area contributed by atoms with Crippen molar-refractivity contribution >= 4 is 11.4 Å². The smallest absolute Gasteiger partial charge is 0.161 e. The van der Waals surface area contributed by atoms with Crippen LogP contribution in [0, 0.1) is 6.92 Å². The summed E-state index contributed by atoms with van der Waals surface area (Å²) < 4.78 is 11.1. The number of hydrogen-bond donors (Lipinski definition) is 2. The molecule has 0 atom stereocenters. The van der Waals surface area contributed by atoms with E-state index in [9.17, 15) is 0 Å². The average molecular weight is 284 g/mol. The minimum Gasteiger partial charge on any atom is -0.486 e. The summed E-state index contributed by atoms with van der Waals surface area (Å²) in [6.07, 6.45) is 0.907. The van der Waals surface area contributed by atoms with Crippen LogP contribution in [0.5, 0.6) is 11.5 Å². The van der Waals surface area contributed by atoms with Crippen molar-refractivity contribution in [3.63, 3.8) is 0 Å². The molecule has 0 unspecified atom stereocenters. The van der Waals surface area contributed by atoms with Crippen molar-refractivity contribution in [2.45, 2.75) is 13.3 Å². The Morgan fingerprint density at radius 3 is 2.71 bits per heavy atom. The third kappa shape index (κ3) is 3.21. The van der Waals surface area contributed by atoms with Gasteiger partial charge < -0.3 is 20.5 Å². The second-order valence-electron chi connectivity index (χ2n) is 5.25. The molecule has 0 radical (unpaired) electrons. The third-order valence-electron chi connectivity index (χ3n) is 3.54. The largest absolute Gasteiger partial charge is 0.486 e. The van der Waals surface area contributed by atoms with E-state index in [1.807, 2.05) is 18.2 Å². The fourth-order valence-electron chi connectivity index (χ4n) is 2.41. The Bertz CT molecular complexity index is 641. The van der Waals surface area contributed by atoms with Crippen LogP contribution in [0.3, 0.4) is 0 Å². The summed E-state index contributed by atoms with van der Waals surface area (Å²) in [4.78, 5) is 0. The molecule has 0 spiro atoms. The Labute approximate surface area is 124 Å². The van der Waals surface area contributed by atoms with E-state index in [1.54, 1.807) is 0 Å². The van der Waals surface area contributed by atoms with Gasteiger partial charge in [-0.1, -0.05) is 12.1 Å². The molecule has 0 amide bonds. The van der Waals surface area contributed by atoms with Gasteiger partial charge in [-0.15, -0.1) is 0 Å². The Balaban J connectivity index is 1.61. The topological polar surface area (TPSA) is 56.5 Å². The maximum absolute atomic E-state index is 5.96. The van der Waals surface area contributed by atoms with Gasteiger partial charge in [-0.25, -0.2) is 0 Å². The molecule has 4 heteroatoms. The molecular weight excluding hydrogens is 264 g/mol. The van der Waals surface area contributed by atoms with Crippen LogP contribution in [0.1, 0.15) is 11.1 Å². The Kier molecular flexibility index (Phi) is 3.86. The molecule has 0 aliphatic carbocycles. The first-order valence-electron chi connectivity index (χ1n) is 7.21. The molecule has 110 valence electrons. The van der Waals surface area contributed by atoms with Crippen molar-refractivity contribution in [2.24, 2.45) is 0 Å². The van der Waals surface area contributed by atoms with Gasteiger partial charge in [0.25, 0.3) is 0 Å². The third-order valence-corrected chi connectivity index (χ3v) is 3.54. The summed E-state index contributed by atoms with van der Waals surface area (Å²) in [5, 5.41) is 3.39. The van der Waals surface area contributed by atoms with Crippen LogP contribution < -0.4 is 20.5 Å². The maximum atomic E-state index is 5.96. The lowest BCUT2D eigenvalue weighted by Crippen LogP contribution is -2.15. The van der Waals surface area contributed by atoms with Gasteiger partial charge in [-0.05, 0) is 48.7 Å². The number of hydrogen-bond acceptors (Lipinski definition) is 4. The van der Waals surface area contributed by atoms with E-state index in [4.69, 9.17) is 15.2 Å². The minimum absolute atomic E-state index is 0.620. The summed E-state index contributed by atoms with van der Waals surface area (Å²) in [6, 6.07) is 12.1. The zero-order chi connectivity index (χ0) is 14.7. The maximum Gasteiger partial charge on any atom is 0.161 e. The van der Waals surface area contributed by atoms with Crippen molar-refractivity contribution < 1.29 is 9.47 Å². The van der Waals surface area contributed by atoms with Crippen LogP contribution in [0.4, 0.5) is 11.4 Å². The number of benzene rings is 2. The summed E-state index contributed by atoms with van der Waals surface area (Å²) in [5.41, 5.74) is 10.2. The van der Waals surface area contributed by atoms with Gasteiger partial charge in [0.15, 0.2) is 11.5 Å². The van der Waals surface area contributed by atoms with E-state index in [2.05, 4.69) is 30.4 Å². The first-order valence-corrected chi connectivity index (χ1v) is 7.21. The Morgan fingerprint density at radius 2 is 1.86 bits per heavy atom. The van der Waals surface area contributed by atoms with E-state index < -0.39 is 0 Å². The van der Waals surface area contributed by atoms with Gasteiger partial charge in [-0.3, -0.25) is 0 Å². The number of nitrogens with two attached hydrogens (primary N) is 1. The van der Waals surface area contributed by atoms with Gasteiger partial charge in [0.1, 0.15) is 13.2 Å². The molecule has 1 aliphatic rings. The van der Waals surface area contributed by atoms with Gasteiger partial charge >= 0.3 is 0 Å². The lowest BCUT2D eigenvalue weighted by Gasteiger charge is -2.19. The minimum atomic E-state index is 0.620. The molecule has 4 nitrogen and oxygen atoms in total. The van der Waals surface area contributed by atoms with Gasteiger partial charge in [0.2, 0.25) is 0 Å². The number of aryl methyl sites for hydroxylation is 1. The van der Waals surface area contributed by atoms with Gasteiger partial charge in [-0.2, -0.15) is 0 Å². The molecule has 1 aliphatic heterocycles. The highest BCUT2D eigenvalue weighted by Crippen LogP contribution is 2.30. The summed E-state index contributed by atoms with van der Waals surface area (Å²) >= 11 is 0. The molecule has 2 aromatic carbocycles. The SMILES string of the molecule is Cc1ccc(N)c(NCCc2ccc3c(c2)OCCO3)c1. The van der Waals surface area contributed by atoms with Crippen molar-refractivity contribution in [3.05, 3.63) is 47.5 Å². The number of nitrogens with one attached hydrogen (secondary N) is 1. The zero-order valence-corrected chi connectivity index (χ0v) is 12.2. The van der Waals surface area contributed by atoms with Gasteiger partial charge in [0, 0.05) is 6.54 Å². The number of nitrogen functional groups attached to an aromatic ring is 1. The summed E-state index contributed by atoms with van der Waals surface area (Å²) in [7, 11) is 0. The fourth-order valence-corrected chi connectivity index (χ4v) is 2.41. The predicted molar refractivity (Wildman–Crippen MR) is 85.2 cm³/mol. The normalized spacial score (nSPS) is 13.0. The molecule has 0 saturated heterocycles. The van der Waals surface area contributed by atoms with Gasteiger partial charge in [0.05, 0.1) is 11.4 Å². The van der Waals surface area contributed by atoms with E-state index in [1.165, 1.54) is 11.1 Å². The van der Waals surface area contributed by atoms with Crippen LogP contribution in [0.25, 0.3) is 0 Å². The first kappa shape index (κ1) is 13.6. The van der Waals surface area contributed by atoms with Crippen LogP contribution in [0.15, 0.2) is 36.4 Å². The molecule has 0 aromatic heterocycles. The predicted octanol–water partition coefficient (Wildman–Crippen LogP) is 3.00. The highest BCUT2D eigenvalue weighted by atomic mass is 16.6. The monoisotopic (exact) mass is 284 g/mol. The van der Waals surface area contributed by atoms with Crippen LogP contribution in [0.2, 0.25) is 0 Å². The molecule has 0 saturated carbocycles.